The van der Waals surface area contributed by atoms with E-state index in [-0.39, 0.29) is 6.04 Å². The second-order valence-corrected chi connectivity index (χ2v) is 8.13. The quantitative estimate of drug-likeness (QED) is 0.879. The van der Waals surface area contributed by atoms with E-state index in [1.54, 1.807) is 16.0 Å². The molecule has 1 aliphatic carbocycles. The number of nitrogens with zero attached hydrogens (tertiary/aromatic N) is 3. The molecule has 1 aromatic rings. The highest BCUT2D eigenvalue weighted by molar-refractivity contribution is 7.89. The molecule has 3 rings (SSSR count). The van der Waals surface area contributed by atoms with Gasteiger partial charge in [0.25, 0.3) is 10.0 Å². The molecule has 1 fully saturated rings. The zero-order valence-corrected chi connectivity index (χ0v) is 14.3. The van der Waals surface area contributed by atoms with Crippen LogP contribution in [0, 0.1) is 0 Å². The van der Waals surface area contributed by atoms with Crippen molar-refractivity contribution in [3.05, 3.63) is 11.3 Å². The molecule has 2 aliphatic rings. The van der Waals surface area contributed by atoms with Gasteiger partial charge in [-0.25, -0.2) is 8.42 Å². The molecule has 7 heteroatoms. The number of hydrogen-bond acceptors (Lipinski definition) is 4. The molecular formula is C15H26N4O2S. The Labute approximate surface area is 132 Å². The van der Waals surface area contributed by atoms with Gasteiger partial charge in [0.1, 0.15) is 0 Å². The van der Waals surface area contributed by atoms with E-state index in [1.807, 2.05) is 6.92 Å². The van der Waals surface area contributed by atoms with Crippen LogP contribution in [-0.4, -0.2) is 48.2 Å². The summed E-state index contributed by atoms with van der Waals surface area (Å²) in [5, 5.41) is 8.19. The van der Waals surface area contributed by atoms with Crippen LogP contribution in [0.25, 0.3) is 0 Å². The van der Waals surface area contributed by atoms with Gasteiger partial charge in [-0.05, 0) is 45.1 Å². The third-order valence-electron chi connectivity index (χ3n) is 4.70. The van der Waals surface area contributed by atoms with E-state index in [4.69, 9.17) is 0 Å². The van der Waals surface area contributed by atoms with Crippen LogP contribution in [-0.2, 0) is 29.9 Å². The predicted octanol–water partition coefficient (Wildman–Crippen LogP) is 1.06. The summed E-state index contributed by atoms with van der Waals surface area (Å²) in [7, 11) is -1.72. The van der Waals surface area contributed by atoms with Crippen LogP contribution in [0.4, 0.5) is 0 Å². The largest absolute Gasteiger partial charge is 0.315 e. The summed E-state index contributed by atoms with van der Waals surface area (Å²) in [4.78, 5) is 0. The Morgan fingerprint density at radius 3 is 2.82 bits per heavy atom. The summed E-state index contributed by atoms with van der Waals surface area (Å²) in [6.07, 6.45) is 5.61. The third kappa shape index (κ3) is 2.70. The van der Waals surface area contributed by atoms with E-state index in [9.17, 15) is 8.42 Å². The Kier molecular flexibility index (Phi) is 4.56. The monoisotopic (exact) mass is 326 g/mol. The second-order valence-electron chi connectivity index (χ2n) is 6.32. The lowest BCUT2D eigenvalue weighted by Crippen LogP contribution is -2.43. The first-order chi connectivity index (χ1) is 10.6. The van der Waals surface area contributed by atoms with Gasteiger partial charge in [0.15, 0.2) is 5.03 Å². The number of fused-ring (bicyclic) bond motifs is 1. The zero-order chi connectivity index (χ0) is 15.7. The van der Waals surface area contributed by atoms with Crippen molar-refractivity contribution < 1.29 is 8.42 Å². The SMILES string of the molecule is CCCN(C1CCNC1)S(=O)(=O)c1c2c(nn1C)CCCC2. The summed E-state index contributed by atoms with van der Waals surface area (Å²) in [6, 6.07) is 0.0686. The lowest BCUT2D eigenvalue weighted by Gasteiger charge is -2.27. The van der Waals surface area contributed by atoms with Crippen molar-refractivity contribution in [1.82, 2.24) is 19.4 Å². The van der Waals surface area contributed by atoms with Gasteiger partial charge < -0.3 is 5.32 Å². The van der Waals surface area contributed by atoms with Gasteiger partial charge in [0.05, 0.1) is 5.69 Å². The van der Waals surface area contributed by atoms with E-state index in [1.165, 1.54) is 0 Å². The van der Waals surface area contributed by atoms with E-state index in [0.717, 1.165) is 62.9 Å². The number of nitrogens with one attached hydrogen (secondary N) is 1. The maximum atomic E-state index is 13.3. The fourth-order valence-corrected chi connectivity index (χ4v) is 5.81. The van der Waals surface area contributed by atoms with Crippen molar-refractivity contribution in [2.45, 2.75) is 56.5 Å². The summed E-state index contributed by atoms with van der Waals surface area (Å²) >= 11 is 0. The molecule has 1 aliphatic heterocycles. The molecule has 6 nitrogen and oxygen atoms in total. The predicted molar refractivity (Wildman–Crippen MR) is 85.3 cm³/mol. The summed E-state index contributed by atoms with van der Waals surface area (Å²) in [6.45, 7) is 4.25. The van der Waals surface area contributed by atoms with E-state index < -0.39 is 10.0 Å². The smallest absolute Gasteiger partial charge is 0.260 e. The highest BCUT2D eigenvalue weighted by Crippen LogP contribution is 2.30. The van der Waals surface area contributed by atoms with E-state index >= 15 is 0 Å². The molecule has 22 heavy (non-hydrogen) atoms. The summed E-state index contributed by atoms with van der Waals surface area (Å²) in [5.74, 6) is 0. The molecule has 0 spiro atoms. The first-order valence-electron chi connectivity index (χ1n) is 8.33. The van der Waals surface area contributed by atoms with Crippen LogP contribution in [0.3, 0.4) is 0 Å². The molecule has 2 heterocycles. The van der Waals surface area contributed by atoms with Crippen LogP contribution in [0.15, 0.2) is 5.03 Å². The lowest BCUT2D eigenvalue weighted by molar-refractivity contribution is 0.331. The number of hydrogen-bond donors (Lipinski definition) is 1. The number of aryl methyl sites for hydroxylation is 2. The minimum atomic E-state index is -3.48. The van der Waals surface area contributed by atoms with Crippen molar-refractivity contribution in [2.24, 2.45) is 7.05 Å². The highest BCUT2D eigenvalue weighted by atomic mass is 32.2. The Morgan fingerprint density at radius 2 is 2.14 bits per heavy atom. The maximum Gasteiger partial charge on any atom is 0.260 e. The minimum Gasteiger partial charge on any atom is -0.315 e. The van der Waals surface area contributed by atoms with E-state index in [0.29, 0.717) is 11.6 Å². The standard InChI is InChI=1S/C15H26N4O2S/c1-3-10-19(12-8-9-16-11-12)22(20,21)15-13-6-4-5-7-14(13)17-18(15)2/h12,16H,3-11H2,1-2H3. The number of rotatable bonds is 5. The molecule has 0 bridgehead atoms. The maximum absolute atomic E-state index is 13.3. The van der Waals surface area contributed by atoms with Gasteiger partial charge in [-0.1, -0.05) is 6.92 Å². The molecule has 1 aromatic heterocycles. The number of aromatic nitrogens is 2. The van der Waals surface area contributed by atoms with Gasteiger partial charge in [-0.15, -0.1) is 0 Å². The van der Waals surface area contributed by atoms with Crippen molar-refractivity contribution in [3.63, 3.8) is 0 Å². The third-order valence-corrected chi connectivity index (χ3v) is 6.80. The Hall–Kier alpha value is -0.920. The Morgan fingerprint density at radius 1 is 1.36 bits per heavy atom. The van der Waals surface area contributed by atoms with Crippen molar-refractivity contribution >= 4 is 10.0 Å². The fraction of sp³-hybridized carbons (Fsp3) is 0.800. The van der Waals surface area contributed by atoms with Crippen LogP contribution in [0.2, 0.25) is 0 Å². The number of sulfonamides is 1. The molecule has 0 aromatic carbocycles. The molecule has 1 atom stereocenters. The normalized spacial score (nSPS) is 22.2. The van der Waals surface area contributed by atoms with Crippen molar-refractivity contribution in [3.8, 4) is 0 Å². The van der Waals surface area contributed by atoms with Crippen LogP contribution in [0.5, 0.6) is 0 Å². The highest BCUT2D eigenvalue weighted by Gasteiger charge is 2.37. The Balaban J connectivity index is 2.02. The Bertz CT molecular complexity index is 632. The molecule has 0 radical (unpaired) electrons. The average molecular weight is 326 g/mol. The summed E-state index contributed by atoms with van der Waals surface area (Å²) < 4.78 is 29.9. The minimum absolute atomic E-state index is 0.0686. The molecule has 0 amide bonds. The van der Waals surface area contributed by atoms with E-state index in [2.05, 4.69) is 10.4 Å². The molecule has 1 saturated heterocycles. The fourth-order valence-electron chi connectivity index (χ4n) is 3.69. The van der Waals surface area contributed by atoms with Crippen molar-refractivity contribution in [2.75, 3.05) is 19.6 Å². The summed E-state index contributed by atoms with van der Waals surface area (Å²) in [5.41, 5.74) is 1.94. The molecule has 1 unspecified atom stereocenters. The first kappa shape index (κ1) is 16.0. The van der Waals surface area contributed by atoms with Crippen LogP contribution < -0.4 is 5.32 Å². The van der Waals surface area contributed by atoms with Crippen LogP contribution in [0.1, 0.15) is 43.9 Å². The molecule has 0 saturated carbocycles. The molecule has 124 valence electrons. The van der Waals surface area contributed by atoms with Gasteiger partial charge >= 0.3 is 0 Å². The molecular weight excluding hydrogens is 300 g/mol. The average Bonchev–Trinajstić information content (AvgIpc) is 3.10. The lowest BCUT2D eigenvalue weighted by atomic mass is 9.99. The second kappa shape index (κ2) is 6.29. The zero-order valence-electron chi connectivity index (χ0n) is 13.5. The van der Waals surface area contributed by atoms with Gasteiger partial charge in [0.2, 0.25) is 0 Å². The van der Waals surface area contributed by atoms with Gasteiger partial charge in [0, 0.05) is 31.7 Å². The topological polar surface area (TPSA) is 67.2 Å². The molecule has 1 N–H and O–H groups in total. The van der Waals surface area contributed by atoms with Gasteiger partial charge in [-0.2, -0.15) is 9.40 Å². The van der Waals surface area contributed by atoms with Gasteiger partial charge in [-0.3, -0.25) is 4.68 Å². The van der Waals surface area contributed by atoms with Crippen molar-refractivity contribution in [1.29, 1.82) is 0 Å². The van der Waals surface area contributed by atoms with Crippen LogP contribution >= 0.6 is 0 Å². The first-order valence-corrected chi connectivity index (χ1v) is 9.77.